The maximum atomic E-state index is 11.5. The number of benzene rings is 1. The molecular weight excluding hydrogens is 320 g/mol. The van der Waals surface area contributed by atoms with Crippen LogP contribution in [-0.4, -0.2) is 42.1 Å². The summed E-state index contributed by atoms with van der Waals surface area (Å²) in [4.78, 5) is 25.1. The Kier molecular flexibility index (Phi) is 4.97. The minimum absolute atomic E-state index is 0.0262. The van der Waals surface area contributed by atoms with Gasteiger partial charge in [0.25, 0.3) is 0 Å². The van der Waals surface area contributed by atoms with Crippen LogP contribution in [0.25, 0.3) is 11.1 Å². The molecule has 0 unspecified atom stereocenters. The molecule has 0 amide bonds. The van der Waals surface area contributed by atoms with Crippen molar-refractivity contribution in [2.24, 2.45) is 0 Å². The van der Waals surface area contributed by atoms with Gasteiger partial charge in [0.05, 0.1) is 23.2 Å². The largest absolute Gasteiger partial charge is 0.496 e. The van der Waals surface area contributed by atoms with Crippen molar-refractivity contribution in [3.05, 3.63) is 44.8 Å². The lowest BCUT2D eigenvalue weighted by atomic mass is 10.00. The van der Waals surface area contributed by atoms with E-state index in [1.807, 2.05) is 19.0 Å². The van der Waals surface area contributed by atoms with Crippen LogP contribution < -0.4 is 4.74 Å². The highest BCUT2D eigenvalue weighted by atomic mass is 32.1. The topological polar surface area (TPSA) is 92.9 Å². The van der Waals surface area contributed by atoms with E-state index in [1.165, 1.54) is 13.2 Å². The van der Waals surface area contributed by atoms with Gasteiger partial charge in [-0.05, 0) is 32.3 Å². The minimum Gasteiger partial charge on any atom is -0.496 e. The first-order valence-corrected chi connectivity index (χ1v) is 7.49. The summed E-state index contributed by atoms with van der Waals surface area (Å²) in [7, 11) is 5.12. The maximum absolute atomic E-state index is 11.5. The molecule has 0 bridgehead atoms. The van der Waals surface area contributed by atoms with Crippen LogP contribution in [0.5, 0.6) is 5.75 Å². The number of thiophene rings is 1. The van der Waals surface area contributed by atoms with Gasteiger partial charge in [-0.25, -0.2) is 4.79 Å². The van der Waals surface area contributed by atoms with Crippen LogP contribution in [0.15, 0.2) is 24.3 Å². The molecule has 0 radical (unpaired) electrons. The molecule has 0 aliphatic heterocycles. The Balaban J connectivity index is 2.72. The number of hydrogen-bond acceptors (Lipinski definition) is 6. The van der Waals surface area contributed by atoms with Gasteiger partial charge in [0.15, 0.2) is 0 Å². The fourth-order valence-corrected chi connectivity index (χ4v) is 3.39. The molecule has 7 nitrogen and oxygen atoms in total. The summed E-state index contributed by atoms with van der Waals surface area (Å²) >= 11 is 1.04. The predicted octanol–water partition coefficient (Wildman–Crippen LogP) is 3.09. The quantitative estimate of drug-likeness (QED) is 0.643. The molecule has 8 heteroatoms. The van der Waals surface area contributed by atoms with Gasteiger partial charge in [0, 0.05) is 17.0 Å². The SMILES string of the molecule is COc1cccc(C(=O)O)c1-c1cc(CN(C)C)sc1[N+](=O)[O-]. The first-order valence-electron chi connectivity index (χ1n) is 6.67. The molecule has 1 heterocycles. The summed E-state index contributed by atoms with van der Waals surface area (Å²) in [5, 5.41) is 20.7. The Bertz CT molecular complexity index is 754. The Labute approximate surface area is 136 Å². The third-order valence-corrected chi connectivity index (χ3v) is 4.22. The number of ether oxygens (including phenoxy) is 1. The highest BCUT2D eigenvalue weighted by Gasteiger charge is 2.27. The molecule has 2 aromatic rings. The zero-order valence-corrected chi connectivity index (χ0v) is 13.7. The minimum atomic E-state index is -1.16. The van der Waals surface area contributed by atoms with Gasteiger partial charge in [-0.3, -0.25) is 10.1 Å². The third kappa shape index (κ3) is 3.49. The average molecular weight is 336 g/mol. The van der Waals surface area contributed by atoms with E-state index < -0.39 is 10.9 Å². The summed E-state index contributed by atoms with van der Waals surface area (Å²) in [6, 6.07) is 6.21. The number of carboxylic acid groups (broad SMARTS) is 1. The summed E-state index contributed by atoms with van der Waals surface area (Å²) in [6.07, 6.45) is 0. The number of aromatic carboxylic acids is 1. The average Bonchev–Trinajstić information content (AvgIpc) is 2.89. The predicted molar refractivity (Wildman–Crippen MR) is 87.3 cm³/mol. The Morgan fingerprint density at radius 2 is 2.13 bits per heavy atom. The Morgan fingerprint density at radius 3 is 2.65 bits per heavy atom. The molecule has 0 aliphatic carbocycles. The molecule has 1 aromatic heterocycles. The molecule has 2 rings (SSSR count). The second-order valence-corrected chi connectivity index (χ2v) is 6.23. The van der Waals surface area contributed by atoms with E-state index in [1.54, 1.807) is 18.2 Å². The van der Waals surface area contributed by atoms with Crippen molar-refractivity contribution in [1.29, 1.82) is 0 Å². The molecule has 23 heavy (non-hydrogen) atoms. The standard InChI is InChI=1S/C15H16N2O5S/c1-16(2)8-9-7-11(14(23-9)17(20)21)13-10(15(18)19)5-4-6-12(13)22-3/h4-7H,8H2,1-3H3,(H,18,19). The van der Waals surface area contributed by atoms with E-state index in [-0.39, 0.29) is 21.7 Å². The van der Waals surface area contributed by atoms with Crippen molar-refractivity contribution >= 4 is 22.3 Å². The zero-order valence-electron chi connectivity index (χ0n) is 12.9. The van der Waals surface area contributed by atoms with Crippen molar-refractivity contribution in [2.45, 2.75) is 6.54 Å². The number of rotatable bonds is 6. The van der Waals surface area contributed by atoms with Gasteiger partial charge >= 0.3 is 11.0 Å². The summed E-state index contributed by atoms with van der Waals surface area (Å²) in [6.45, 7) is 0.531. The van der Waals surface area contributed by atoms with Crippen LogP contribution in [-0.2, 0) is 6.54 Å². The highest BCUT2D eigenvalue weighted by molar-refractivity contribution is 7.15. The summed E-state index contributed by atoms with van der Waals surface area (Å²) < 4.78 is 5.22. The molecule has 0 fully saturated rings. The fourth-order valence-electron chi connectivity index (χ4n) is 2.29. The second kappa shape index (κ2) is 6.76. The monoisotopic (exact) mass is 336 g/mol. The second-order valence-electron chi connectivity index (χ2n) is 5.11. The first-order chi connectivity index (χ1) is 10.8. The van der Waals surface area contributed by atoms with E-state index in [9.17, 15) is 20.0 Å². The molecule has 1 N–H and O–H groups in total. The van der Waals surface area contributed by atoms with Crippen molar-refractivity contribution in [3.63, 3.8) is 0 Å². The lowest BCUT2D eigenvalue weighted by molar-refractivity contribution is -0.379. The van der Waals surface area contributed by atoms with E-state index in [4.69, 9.17) is 4.74 Å². The van der Waals surface area contributed by atoms with Gasteiger partial charge in [0.2, 0.25) is 0 Å². The van der Waals surface area contributed by atoms with Crippen molar-refractivity contribution in [1.82, 2.24) is 4.90 Å². The van der Waals surface area contributed by atoms with Gasteiger partial charge in [0.1, 0.15) is 5.75 Å². The van der Waals surface area contributed by atoms with Crippen molar-refractivity contribution in [2.75, 3.05) is 21.2 Å². The maximum Gasteiger partial charge on any atom is 0.336 e. The van der Waals surface area contributed by atoms with Gasteiger partial charge in [-0.15, -0.1) is 0 Å². The molecule has 1 aromatic carbocycles. The third-order valence-electron chi connectivity index (χ3n) is 3.15. The van der Waals surface area contributed by atoms with Crippen LogP contribution in [0.1, 0.15) is 15.2 Å². The number of nitrogens with zero attached hydrogens (tertiary/aromatic N) is 2. The van der Waals surface area contributed by atoms with Gasteiger partial charge in [-0.2, -0.15) is 0 Å². The summed E-state index contributed by atoms with van der Waals surface area (Å²) in [5.74, 6) is -0.865. The van der Waals surface area contributed by atoms with E-state index in [0.29, 0.717) is 12.3 Å². The zero-order chi connectivity index (χ0) is 17.1. The van der Waals surface area contributed by atoms with E-state index in [0.717, 1.165) is 16.2 Å². The van der Waals surface area contributed by atoms with Crippen molar-refractivity contribution in [3.8, 4) is 16.9 Å². The fraction of sp³-hybridized carbons (Fsp3) is 0.267. The Morgan fingerprint density at radius 1 is 1.43 bits per heavy atom. The number of carboxylic acids is 1. The molecule has 0 atom stereocenters. The lowest BCUT2D eigenvalue weighted by Gasteiger charge is -2.10. The highest BCUT2D eigenvalue weighted by Crippen LogP contribution is 2.43. The van der Waals surface area contributed by atoms with Crippen molar-refractivity contribution < 1.29 is 19.6 Å². The molecular formula is C15H16N2O5S. The van der Waals surface area contributed by atoms with Gasteiger partial charge < -0.3 is 14.7 Å². The number of hydrogen-bond donors (Lipinski definition) is 1. The molecule has 0 saturated carbocycles. The molecule has 0 spiro atoms. The lowest BCUT2D eigenvalue weighted by Crippen LogP contribution is -2.09. The van der Waals surface area contributed by atoms with Gasteiger partial charge in [-0.1, -0.05) is 17.4 Å². The van der Waals surface area contributed by atoms with Crippen LogP contribution in [0.4, 0.5) is 5.00 Å². The van der Waals surface area contributed by atoms with Crippen LogP contribution in [0, 0.1) is 10.1 Å². The number of carbonyl (C=O) groups is 1. The summed E-state index contributed by atoms with van der Waals surface area (Å²) in [5.41, 5.74) is 0.476. The normalized spacial score (nSPS) is 10.8. The van der Waals surface area contributed by atoms with Crippen LogP contribution in [0.2, 0.25) is 0 Å². The van der Waals surface area contributed by atoms with E-state index in [2.05, 4.69) is 0 Å². The first kappa shape index (κ1) is 16.9. The van der Waals surface area contributed by atoms with Crippen LogP contribution in [0.3, 0.4) is 0 Å². The molecule has 0 saturated heterocycles. The Hall–Kier alpha value is -2.45. The number of nitro groups is 1. The van der Waals surface area contributed by atoms with Crippen LogP contribution >= 0.6 is 11.3 Å². The smallest absolute Gasteiger partial charge is 0.336 e. The van der Waals surface area contributed by atoms with E-state index >= 15 is 0 Å². The molecule has 122 valence electrons. The molecule has 0 aliphatic rings. The number of methoxy groups -OCH3 is 1.